The molecule has 3 atom stereocenters. The van der Waals surface area contributed by atoms with Crippen molar-refractivity contribution in [2.24, 2.45) is 5.73 Å². The number of rotatable bonds is 5. The highest BCUT2D eigenvalue weighted by molar-refractivity contribution is 5.97. The zero-order valence-electron chi connectivity index (χ0n) is 17.0. The molecule has 9 heteroatoms. The fourth-order valence-corrected chi connectivity index (χ4v) is 3.82. The van der Waals surface area contributed by atoms with E-state index in [1.165, 1.54) is 30.5 Å². The Balaban J connectivity index is 1.61. The van der Waals surface area contributed by atoms with Gasteiger partial charge in [-0.25, -0.2) is 13.8 Å². The molecule has 0 radical (unpaired) electrons. The summed E-state index contributed by atoms with van der Waals surface area (Å²) in [5.74, 6) is -1.78. The standard InChI is InChI=1S/C23H22F2N4O3/c24-15-4-2-1-3-14(15)22-16(25)5-6-18(28-22)20(30)9-13-10-27-8-7-19(13)29-11-17(26)23(32)21(31)12-29/h1-8,10,17,21,23,31-32H,9,11-12,26H2/t17-,21+,23+/m0/s1. The van der Waals surface area contributed by atoms with Crippen LogP contribution in [0, 0.1) is 11.6 Å². The molecule has 1 saturated heterocycles. The number of hydrogen-bond donors (Lipinski definition) is 3. The number of halogens is 2. The van der Waals surface area contributed by atoms with Crippen molar-refractivity contribution in [3.05, 3.63) is 77.8 Å². The molecule has 0 aliphatic carbocycles. The third-order valence-corrected chi connectivity index (χ3v) is 5.50. The van der Waals surface area contributed by atoms with Crippen LogP contribution in [0.25, 0.3) is 11.3 Å². The maximum Gasteiger partial charge on any atom is 0.185 e. The van der Waals surface area contributed by atoms with Crippen LogP contribution in [-0.4, -0.2) is 57.3 Å². The summed E-state index contributed by atoms with van der Waals surface area (Å²) in [7, 11) is 0. The summed E-state index contributed by atoms with van der Waals surface area (Å²) in [5.41, 5.74) is 6.86. The van der Waals surface area contributed by atoms with Gasteiger partial charge in [0.05, 0.1) is 18.2 Å². The average molecular weight is 440 g/mol. The number of piperidine rings is 1. The Kier molecular flexibility index (Phi) is 6.22. The van der Waals surface area contributed by atoms with Gasteiger partial charge in [0.1, 0.15) is 23.0 Å². The van der Waals surface area contributed by atoms with Crippen molar-refractivity contribution in [2.45, 2.75) is 24.7 Å². The van der Waals surface area contributed by atoms with E-state index in [1.54, 1.807) is 23.2 Å². The molecule has 0 amide bonds. The van der Waals surface area contributed by atoms with Crippen molar-refractivity contribution < 1.29 is 23.8 Å². The van der Waals surface area contributed by atoms with Crippen molar-refractivity contribution in [1.82, 2.24) is 9.97 Å². The fourth-order valence-electron chi connectivity index (χ4n) is 3.82. The molecule has 1 aliphatic rings. The van der Waals surface area contributed by atoms with E-state index in [9.17, 15) is 23.8 Å². The topological polar surface area (TPSA) is 113 Å². The fraction of sp³-hybridized carbons (Fsp3) is 0.261. The Morgan fingerprint density at radius 1 is 1.09 bits per heavy atom. The van der Waals surface area contributed by atoms with Crippen molar-refractivity contribution >= 4 is 11.5 Å². The lowest BCUT2D eigenvalue weighted by Crippen LogP contribution is -2.59. The minimum Gasteiger partial charge on any atom is -0.389 e. The summed E-state index contributed by atoms with van der Waals surface area (Å²) < 4.78 is 28.5. The van der Waals surface area contributed by atoms with Gasteiger partial charge in [0.15, 0.2) is 5.78 Å². The molecule has 166 valence electrons. The van der Waals surface area contributed by atoms with Crippen LogP contribution in [-0.2, 0) is 6.42 Å². The molecule has 3 heterocycles. The lowest BCUT2D eigenvalue weighted by molar-refractivity contribution is -0.00356. The van der Waals surface area contributed by atoms with Gasteiger partial charge in [-0.05, 0) is 30.3 Å². The minimum absolute atomic E-state index is 0.00902. The first kappa shape index (κ1) is 21.9. The van der Waals surface area contributed by atoms with Crippen molar-refractivity contribution in [3.63, 3.8) is 0 Å². The molecule has 0 saturated carbocycles. The second-order valence-corrected chi connectivity index (χ2v) is 7.74. The second kappa shape index (κ2) is 9.07. The number of nitrogens with two attached hydrogens (primary N) is 1. The first-order chi connectivity index (χ1) is 15.3. The van der Waals surface area contributed by atoms with Crippen LogP contribution in [0.3, 0.4) is 0 Å². The highest BCUT2D eigenvalue weighted by Crippen LogP contribution is 2.27. The molecule has 2 aromatic heterocycles. The zero-order valence-corrected chi connectivity index (χ0v) is 17.0. The number of anilines is 1. The van der Waals surface area contributed by atoms with E-state index in [-0.39, 0.29) is 36.5 Å². The molecule has 0 bridgehead atoms. The molecule has 4 rings (SSSR count). The smallest absolute Gasteiger partial charge is 0.185 e. The summed E-state index contributed by atoms with van der Waals surface area (Å²) in [6, 6.07) is 9.03. The van der Waals surface area contributed by atoms with E-state index in [1.807, 2.05) is 0 Å². The summed E-state index contributed by atoms with van der Waals surface area (Å²) in [6.07, 6.45) is 0.926. The van der Waals surface area contributed by atoms with E-state index >= 15 is 0 Å². The van der Waals surface area contributed by atoms with Crippen LogP contribution in [0.5, 0.6) is 0 Å². The number of benzene rings is 1. The number of aliphatic hydroxyl groups excluding tert-OH is 2. The first-order valence-corrected chi connectivity index (χ1v) is 10.1. The van der Waals surface area contributed by atoms with Crippen molar-refractivity contribution in [1.29, 1.82) is 0 Å². The van der Waals surface area contributed by atoms with Gasteiger partial charge in [0, 0.05) is 48.7 Å². The summed E-state index contributed by atoms with van der Waals surface area (Å²) >= 11 is 0. The molecule has 1 fully saturated rings. The molecule has 7 nitrogen and oxygen atoms in total. The van der Waals surface area contributed by atoms with Crippen LogP contribution in [0.2, 0.25) is 0 Å². The van der Waals surface area contributed by atoms with Crippen LogP contribution in [0.4, 0.5) is 14.5 Å². The lowest BCUT2D eigenvalue weighted by atomic mass is 9.98. The van der Waals surface area contributed by atoms with Crippen LogP contribution < -0.4 is 10.6 Å². The van der Waals surface area contributed by atoms with Crippen LogP contribution >= 0.6 is 0 Å². The summed E-state index contributed by atoms with van der Waals surface area (Å²) in [4.78, 5) is 22.9. The van der Waals surface area contributed by atoms with E-state index < -0.39 is 35.7 Å². The van der Waals surface area contributed by atoms with E-state index in [0.29, 0.717) is 11.3 Å². The number of aromatic nitrogens is 2. The SMILES string of the molecule is N[C@H]1CN(c2ccncc2CC(=O)c2ccc(F)c(-c3ccccc3F)n2)C[C@@H](O)[C@@H]1O. The number of pyridine rings is 2. The van der Waals surface area contributed by atoms with Gasteiger partial charge in [-0.1, -0.05) is 12.1 Å². The molecule has 1 aromatic carbocycles. The molecule has 1 aliphatic heterocycles. The third-order valence-electron chi connectivity index (χ3n) is 5.50. The van der Waals surface area contributed by atoms with Crippen LogP contribution in [0.15, 0.2) is 54.9 Å². The number of carbonyl (C=O) groups is 1. The van der Waals surface area contributed by atoms with Crippen molar-refractivity contribution in [2.75, 3.05) is 18.0 Å². The normalized spacial score (nSPS) is 20.9. The predicted molar refractivity (Wildman–Crippen MR) is 114 cm³/mol. The predicted octanol–water partition coefficient (Wildman–Crippen LogP) is 1.72. The number of β-amino-alcohol motifs (C(OH)–C–C–N with tert-alkyl or cyclic N) is 1. The average Bonchev–Trinajstić information content (AvgIpc) is 2.78. The van der Waals surface area contributed by atoms with Gasteiger partial charge in [0.25, 0.3) is 0 Å². The molecule has 3 aromatic rings. The molecule has 4 N–H and O–H groups in total. The Labute approximate surface area is 183 Å². The highest BCUT2D eigenvalue weighted by atomic mass is 19.1. The maximum absolute atomic E-state index is 14.3. The van der Waals surface area contributed by atoms with Gasteiger partial charge >= 0.3 is 0 Å². The van der Waals surface area contributed by atoms with Gasteiger partial charge in [-0.2, -0.15) is 0 Å². The Hall–Kier alpha value is -3.27. The Bertz CT molecular complexity index is 1130. The van der Waals surface area contributed by atoms with Gasteiger partial charge in [-0.15, -0.1) is 0 Å². The quantitative estimate of drug-likeness (QED) is 0.518. The molecule has 0 unspecified atom stereocenters. The molecular weight excluding hydrogens is 418 g/mol. The highest BCUT2D eigenvalue weighted by Gasteiger charge is 2.33. The lowest BCUT2D eigenvalue weighted by Gasteiger charge is -2.39. The van der Waals surface area contributed by atoms with Crippen molar-refractivity contribution in [3.8, 4) is 11.3 Å². The number of Topliss-reactive ketones (excluding diaryl/α,β-unsaturated/α-hetero) is 1. The second-order valence-electron chi connectivity index (χ2n) is 7.74. The molecular formula is C23H22F2N4O3. The third kappa shape index (κ3) is 4.36. The Morgan fingerprint density at radius 2 is 1.88 bits per heavy atom. The number of ketones is 1. The van der Waals surface area contributed by atoms with Crippen LogP contribution in [0.1, 0.15) is 16.1 Å². The van der Waals surface area contributed by atoms with Gasteiger partial charge in [0.2, 0.25) is 0 Å². The summed E-state index contributed by atoms with van der Waals surface area (Å²) in [6.45, 7) is 0.433. The molecule has 32 heavy (non-hydrogen) atoms. The maximum atomic E-state index is 14.3. The number of carbonyl (C=O) groups excluding carboxylic acids is 1. The molecule has 0 spiro atoms. The zero-order chi connectivity index (χ0) is 22.8. The Morgan fingerprint density at radius 3 is 2.62 bits per heavy atom. The number of nitrogens with zero attached hydrogens (tertiary/aromatic N) is 3. The monoisotopic (exact) mass is 440 g/mol. The largest absolute Gasteiger partial charge is 0.389 e. The van der Waals surface area contributed by atoms with E-state index in [4.69, 9.17) is 5.73 Å². The van der Waals surface area contributed by atoms with Gasteiger partial charge < -0.3 is 20.8 Å². The number of hydrogen-bond acceptors (Lipinski definition) is 7. The first-order valence-electron chi connectivity index (χ1n) is 10.1. The number of aliphatic hydroxyl groups is 2. The van der Waals surface area contributed by atoms with E-state index in [0.717, 1.165) is 6.07 Å². The summed E-state index contributed by atoms with van der Waals surface area (Å²) in [5, 5.41) is 20.0. The minimum atomic E-state index is -1.03. The van der Waals surface area contributed by atoms with Gasteiger partial charge in [-0.3, -0.25) is 9.78 Å². The van der Waals surface area contributed by atoms with E-state index in [2.05, 4.69) is 9.97 Å².